The number of nitrogens with zero attached hydrogens (tertiary/aromatic N) is 4. The van der Waals surface area contributed by atoms with Crippen molar-refractivity contribution in [3.05, 3.63) is 48.4 Å². The highest BCUT2D eigenvalue weighted by molar-refractivity contribution is 5.91. The molecule has 0 saturated carbocycles. The molecule has 0 unspecified atom stereocenters. The molecular weight excluding hydrogens is 322 g/mol. The topological polar surface area (TPSA) is 48.1 Å². The number of likely N-dealkylation sites (tertiary alicyclic amines) is 1. The van der Waals surface area contributed by atoms with Crippen LogP contribution in [0.3, 0.4) is 0 Å². The first-order valence-corrected chi connectivity index (χ1v) is 9.68. The number of benzene rings is 1. The van der Waals surface area contributed by atoms with Crippen molar-refractivity contribution in [3.8, 4) is 0 Å². The fourth-order valence-electron chi connectivity index (χ4n) is 4.77. The van der Waals surface area contributed by atoms with Gasteiger partial charge in [0.2, 0.25) is 0 Å². The highest BCUT2D eigenvalue weighted by atomic mass is 15.3. The molecule has 4 heterocycles. The van der Waals surface area contributed by atoms with E-state index in [0.29, 0.717) is 0 Å². The Hall–Kier alpha value is -2.40. The molecule has 5 rings (SSSR count). The maximum absolute atomic E-state index is 4.66. The van der Waals surface area contributed by atoms with Crippen LogP contribution in [-0.2, 0) is 5.41 Å². The lowest BCUT2D eigenvalue weighted by atomic mass is 9.81. The zero-order valence-corrected chi connectivity index (χ0v) is 15.3. The Morgan fingerprint density at radius 3 is 3.00 bits per heavy atom. The van der Waals surface area contributed by atoms with E-state index in [2.05, 4.69) is 62.0 Å². The van der Waals surface area contributed by atoms with Crippen LogP contribution in [0.5, 0.6) is 0 Å². The van der Waals surface area contributed by atoms with Gasteiger partial charge in [0.15, 0.2) is 0 Å². The van der Waals surface area contributed by atoms with Crippen molar-refractivity contribution in [1.29, 1.82) is 0 Å². The number of hydrogen-bond donors (Lipinski definition) is 1. The third kappa shape index (κ3) is 2.34. The van der Waals surface area contributed by atoms with Crippen molar-refractivity contribution < 1.29 is 0 Å². The summed E-state index contributed by atoms with van der Waals surface area (Å²) in [5.74, 6) is 1.02. The maximum Gasteiger partial charge on any atom is 0.145 e. The molecule has 3 aromatic rings. The second-order valence-corrected chi connectivity index (χ2v) is 7.70. The number of H-pyrrole nitrogens is 1. The first kappa shape index (κ1) is 15.8. The molecule has 1 atom stereocenters. The van der Waals surface area contributed by atoms with E-state index in [0.717, 1.165) is 29.9 Å². The summed E-state index contributed by atoms with van der Waals surface area (Å²) >= 11 is 0. The van der Waals surface area contributed by atoms with E-state index < -0.39 is 0 Å². The molecule has 0 aliphatic carbocycles. The summed E-state index contributed by atoms with van der Waals surface area (Å²) in [5.41, 5.74) is 3.93. The van der Waals surface area contributed by atoms with Crippen LogP contribution in [0, 0.1) is 0 Å². The molecule has 1 aromatic carbocycles. The van der Waals surface area contributed by atoms with Crippen molar-refractivity contribution in [3.63, 3.8) is 0 Å². The summed E-state index contributed by atoms with van der Waals surface area (Å²) in [7, 11) is 0. The number of aromatic amines is 1. The molecule has 1 fully saturated rings. The van der Waals surface area contributed by atoms with Crippen LogP contribution in [0.1, 0.15) is 31.7 Å². The predicted octanol–water partition coefficient (Wildman–Crippen LogP) is 3.85. The zero-order chi connectivity index (χ0) is 17.6. The third-order valence-electron chi connectivity index (χ3n) is 6.08. The summed E-state index contributed by atoms with van der Waals surface area (Å²) < 4.78 is 0. The minimum absolute atomic E-state index is 0.220. The van der Waals surface area contributed by atoms with E-state index in [9.17, 15) is 0 Å². The van der Waals surface area contributed by atoms with E-state index >= 15 is 0 Å². The standard InChI is InChI=1S/C21H25N5/c1-2-3-11-25-12-9-21(13-25)14-26(18-7-5-4-6-17(18)21)20-16-8-10-22-19(16)23-15-24-20/h4-8,10,15H,2-3,9,11-14H2,1H3,(H,22,23,24)/t21-/m1/s1. The van der Waals surface area contributed by atoms with Crippen LogP contribution in [0.15, 0.2) is 42.9 Å². The zero-order valence-electron chi connectivity index (χ0n) is 15.3. The van der Waals surface area contributed by atoms with Crippen molar-refractivity contribution in [2.75, 3.05) is 31.1 Å². The average molecular weight is 347 g/mol. The smallest absolute Gasteiger partial charge is 0.145 e. The van der Waals surface area contributed by atoms with E-state index in [1.165, 1.54) is 43.6 Å². The first-order chi connectivity index (χ1) is 12.8. The van der Waals surface area contributed by atoms with Gasteiger partial charge < -0.3 is 14.8 Å². The number of unbranched alkanes of at least 4 members (excludes halogenated alkanes) is 1. The lowest BCUT2D eigenvalue weighted by Crippen LogP contribution is -2.35. The van der Waals surface area contributed by atoms with Crippen LogP contribution in [-0.4, -0.2) is 46.0 Å². The Labute approximate surface area is 154 Å². The average Bonchev–Trinajstić information content (AvgIpc) is 3.39. The summed E-state index contributed by atoms with van der Waals surface area (Å²) in [5, 5.41) is 1.10. The molecule has 1 N–H and O–H groups in total. The minimum atomic E-state index is 0.220. The number of para-hydroxylation sites is 1. The molecule has 5 nitrogen and oxygen atoms in total. The summed E-state index contributed by atoms with van der Waals surface area (Å²) in [6, 6.07) is 11.0. The summed E-state index contributed by atoms with van der Waals surface area (Å²) in [6.45, 7) is 6.85. The van der Waals surface area contributed by atoms with Crippen molar-refractivity contribution in [2.24, 2.45) is 0 Å². The van der Waals surface area contributed by atoms with E-state index in [1.807, 2.05) is 6.20 Å². The lowest BCUT2D eigenvalue weighted by molar-refractivity contribution is 0.310. The Balaban J connectivity index is 1.55. The molecule has 2 aliphatic heterocycles. The SMILES string of the molecule is CCCCN1CC[C@@]2(C1)CN(c1ncnc3[nH]ccc13)c1ccccc12. The molecule has 134 valence electrons. The second kappa shape index (κ2) is 6.09. The second-order valence-electron chi connectivity index (χ2n) is 7.70. The molecule has 1 spiro atoms. The molecule has 5 heteroatoms. The Morgan fingerprint density at radius 1 is 1.15 bits per heavy atom. The largest absolute Gasteiger partial charge is 0.346 e. The number of rotatable bonds is 4. The number of hydrogen-bond acceptors (Lipinski definition) is 4. The van der Waals surface area contributed by atoms with Gasteiger partial charge in [-0.1, -0.05) is 31.5 Å². The molecule has 2 aromatic heterocycles. The molecule has 1 saturated heterocycles. The number of nitrogens with one attached hydrogen (secondary N) is 1. The molecular formula is C21H25N5. The normalized spacial score (nSPS) is 22.6. The van der Waals surface area contributed by atoms with E-state index in [-0.39, 0.29) is 5.41 Å². The highest BCUT2D eigenvalue weighted by Crippen LogP contribution is 2.49. The van der Waals surface area contributed by atoms with Crippen LogP contribution in [0.25, 0.3) is 11.0 Å². The van der Waals surface area contributed by atoms with Gasteiger partial charge in [-0.05, 0) is 43.6 Å². The molecule has 0 bridgehead atoms. The molecule has 0 radical (unpaired) electrons. The van der Waals surface area contributed by atoms with E-state index in [1.54, 1.807) is 6.33 Å². The number of anilines is 2. The summed E-state index contributed by atoms with van der Waals surface area (Å²) in [4.78, 5) is 17.3. The first-order valence-electron chi connectivity index (χ1n) is 9.68. The molecule has 0 amide bonds. The van der Waals surface area contributed by atoms with Crippen molar-refractivity contribution in [1.82, 2.24) is 19.9 Å². The predicted molar refractivity (Wildman–Crippen MR) is 105 cm³/mol. The maximum atomic E-state index is 4.66. The van der Waals surface area contributed by atoms with Gasteiger partial charge >= 0.3 is 0 Å². The van der Waals surface area contributed by atoms with Crippen molar-refractivity contribution >= 4 is 22.5 Å². The van der Waals surface area contributed by atoms with Crippen molar-refractivity contribution in [2.45, 2.75) is 31.6 Å². The van der Waals surface area contributed by atoms with E-state index in [4.69, 9.17) is 0 Å². The van der Waals surface area contributed by atoms with Crippen LogP contribution < -0.4 is 4.90 Å². The Bertz CT molecular complexity index is 933. The van der Waals surface area contributed by atoms with Crippen LogP contribution in [0.4, 0.5) is 11.5 Å². The third-order valence-corrected chi connectivity index (χ3v) is 6.08. The number of aromatic nitrogens is 3. The minimum Gasteiger partial charge on any atom is -0.346 e. The summed E-state index contributed by atoms with van der Waals surface area (Å²) in [6.07, 6.45) is 7.40. The fourth-order valence-corrected chi connectivity index (χ4v) is 4.77. The van der Waals surface area contributed by atoms with Gasteiger partial charge in [0, 0.05) is 30.4 Å². The van der Waals surface area contributed by atoms with Gasteiger partial charge in [-0.15, -0.1) is 0 Å². The highest BCUT2D eigenvalue weighted by Gasteiger charge is 2.47. The Morgan fingerprint density at radius 2 is 2.08 bits per heavy atom. The van der Waals surface area contributed by atoms with Gasteiger partial charge in [-0.2, -0.15) is 0 Å². The van der Waals surface area contributed by atoms with Crippen LogP contribution in [0.2, 0.25) is 0 Å². The number of fused-ring (bicyclic) bond motifs is 3. The molecule has 26 heavy (non-hydrogen) atoms. The van der Waals surface area contributed by atoms with Crippen LogP contribution >= 0.6 is 0 Å². The van der Waals surface area contributed by atoms with Gasteiger partial charge in [0.1, 0.15) is 17.8 Å². The monoisotopic (exact) mass is 347 g/mol. The lowest BCUT2D eigenvalue weighted by Gasteiger charge is -2.26. The fraction of sp³-hybridized carbons (Fsp3) is 0.429. The molecule has 2 aliphatic rings. The van der Waals surface area contributed by atoms with Gasteiger partial charge in [0.05, 0.1) is 5.39 Å². The van der Waals surface area contributed by atoms with Gasteiger partial charge in [-0.25, -0.2) is 9.97 Å². The van der Waals surface area contributed by atoms with Gasteiger partial charge in [-0.3, -0.25) is 0 Å². The quantitative estimate of drug-likeness (QED) is 0.779. The van der Waals surface area contributed by atoms with Gasteiger partial charge in [0.25, 0.3) is 0 Å². The Kier molecular flexibility index (Phi) is 3.71.